The van der Waals surface area contributed by atoms with Gasteiger partial charge >= 0.3 is 0 Å². The molecule has 208 valence electrons. The number of benzene rings is 4. The Labute approximate surface area is 249 Å². The van der Waals surface area contributed by atoms with E-state index in [0.717, 1.165) is 21.6 Å². The summed E-state index contributed by atoms with van der Waals surface area (Å²) < 4.78 is 0. The fourth-order valence-electron chi connectivity index (χ4n) is 3.90. The van der Waals surface area contributed by atoms with Gasteiger partial charge in [0.05, 0.1) is 5.25 Å². The molecule has 0 saturated carbocycles. The molecule has 1 atom stereocenters. The molecule has 4 aromatic rings. The first-order valence-corrected chi connectivity index (χ1v) is 14.2. The minimum Gasteiger partial charge on any atom is -0.325 e. The summed E-state index contributed by atoms with van der Waals surface area (Å²) in [5.41, 5.74) is 4.40. The normalized spacial score (nSPS) is 11.9. The van der Waals surface area contributed by atoms with Crippen LogP contribution >= 0.6 is 23.4 Å². The van der Waals surface area contributed by atoms with Crippen LogP contribution in [0.5, 0.6) is 0 Å². The molecule has 1 unspecified atom stereocenters. The predicted molar refractivity (Wildman–Crippen MR) is 168 cm³/mol. The van der Waals surface area contributed by atoms with E-state index >= 15 is 0 Å². The Morgan fingerprint density at radius 2 is 1.49 bits per heavy atom. The van der Waals surface area contributed by atoms with Gasteiger partial charge in [0.1, 0.15) is 5.70 Å². The second kappa shape index (κ2) is 13.8. The lowest BCUT2D eigenvalue weighted by Gasteiger charge is -2.15. The van der Waals surface area contributed by atoms with Crippen molar-refractivity contribution in [2.24, 2.45) is 0 Å². The Morgan fingerprint density at radius 1 is 0.805 bits per heavy atom. The summed E-state index contributed by atoms with van der Waals surface area (Å²) in [6, 6.07) is 28.9. The van der Waals surface area contributed by atoms with Crippen molar-refractivity contribution in [3.8, 4) is 0 Å². The molecule has 0 aromatic heterocycles. The highest BCUT2D eigenvalue weighted by atomic mass is 35.5. The van der Waals surface area contributed by atoms with Crippen LogP contribution in [-0.4, -0.2) is 23.0 Å². The van der Waals surface area contributed by atoms with Gasteiger partial charge in [0.15, 0.2) is 0 Å². The van der Waals surface area contributed by atoms with Crippen LogP contribution in [0, 0.1) is 13.8 Å². The van der Waals surface area contributed by atoms with Gasteiger partial charge in [-0.15, -0.1) is 11.8 Å². The van der Waals surface area contributed by atoms with Crippen LogP contribution in [0.2, 0.25) is 5.02 Å². The number of anilines is 2. The van der Waals surface area contributed by atoms with Crippen molar-refractivity contribution in [1.29, 1.82) is 0 Å². The number of carbonyl (C=O) groups is 3. The molecule has 0 aliphatic heterocycles. The van der Waals surface area contributed by atoms with Crippen molar-refractivity contribution in [3.63, 3.8) is 0 Å². The summed E-state index contributed by atoms with van der Waals surface area (Å²) in [5.74, 6) is -0.979. The van der Waals surface area contributed by atoms with Crippen LogP contribution in [-0.2, 0) is 9.59 Å². The number of nitrogens with one attached hydrogen (secondary N) is 3. The average Bonchev–Trinajstić information content (AvgIpc) is 2.97. The van der Waals surface area contributed by atoms with Gasteiger partial charge in [-0.25, -0.2) is 0 Å². The van der Waals surface area contributed by atoms with Crippen molar-refractivity contribution in [2.75, 3.05) is 10.6 Å². The molecule has 0 fully saturated rings. The van der Waals surface area contributed by atoms with E-state index in [9.17, 15) is 14.4 Å². The van der Waals surface area contributed by atoms with Crippen LogP contribution in [0.15, 0.2) is 108 Å². The van der Waals surface area contributed by atoms with Crippen LogP contribution in [0.1, 0.15) is 34.0 Å². The Morgan fingerprint density at radius 3 is 2.20 bits per heavy atom. The van der Waals surface area contributed by atoms with Gasteiger partial charge in [-0.05, 0) is 92.1 Å². The topological polar surface area (TPSA) is 87.3 Å². The molecular weight excluding hydrogens is 554 g/mol. The maximum absolute atomic E-state index is 13.3. The second-order valence-corrected chi connectivity index (χ2v) is 11.2. The van der Waals surface area contributed by atoms with Gasteiger partial charge in [0.2, 0.25) is 5.91 Å². The van der Waals surface area contributed by atoms with Crippen LogP contribution in [0.25, 0.3) is 6.08 Å². The van der Waals surface area contributed by atoms with E-state index in [-0.39, 0.29) is 22.8 Å². The molecule has 0 spiro atoms. The second-order valence-electron chi connectivity index (χ2n) is 9.37. The summed E-state index contributed by atoms with van der Waals surface area (Å²) in [5, 5.41) is 8.78. The molecule has 8 heteroatoms. The van der Waals surface area contributed by atoms with Gasteiger partial charge in [-0.1, -0.05) is 60.1 Å². The van der Waals surface area contributed by atoms with Crippen molar-refractivity contribution in [3.05, 3.63) is 130 Å². The van der Waals surface area contributed by atoms with E-state index in [4.69, 9.17) is 11.6 Å². The SMILES string of the molecule is Cc1ccccc1/C=C(\NC(=O)c1ccccc1)C(=O)Nc1ccc(SC(C)C(=O)Nc2cccc(Cl)c2C)cc1. The molecule has 0 aliphatic rings. The number of rotatable bonds is 9. The van der Waals surface area contributed by atoms with Crippen molar-refractivity contribution < 1.29 is 14.4 Å². The predicted octanol–water partition coefficient (Wildman–Crippen LogP) is 7.49. The fraction of sp³-hybridized carbons (Fsp3) is 0.121. The Hall–Kier alpha value is -4.33. The van der Waals surface area contributed by atoms with Gasteiger partial charge in [0.25, 0.3) is 11.8 Å². The minimum atomic E-state index is -0.456. The molecule has 6 nitrogen and oxygen atoms in total. The lowest BCUT2D eigenvalue weighted by molar-refractivity contribution is -0.115. The number of hydrogen-bond acceptors (Lipinski definition) is 4. The summed E-state index contributed by atoms with van der Waals surface area (Å²) in [6.07, 6.45) is 1.66. The molecule has 4 rings (SSSR count). The number of aryl methyl sites for hydroxylation is 1. The first-order chi connectivity index (χ1) is 19.7. The van der Waals surface area contributed by atoms with E-state index in [1.807, 2.05) is 69.3 Å². The highest BCUT2D eigenvalue weighted by molar-refractivity contribution is 8.00. The minimum absolute atomic E-state index is 0.119. The summed E-state index contributed by atoms with van der Waals surface area (Å²) in [7, 11) is 0. The zero-order valence-corrected chi connectivity index (χ0v) is 24.5. The molecule has 3 N–H and O–H groups in total. The van der Waals surface area contributed by atoms with Gasteiger partial charge < -0.3 is 16.0 Å². The number of thioether (sulfide) groups is 1. The van der Waals surface area contributed by atoms with Crippen LogP contribution in [0.4, 0.5) is 11.4 Å². The quantitative estimate of drug-likeness (QED) is 0.141. The number of carbonyl (C=O) groups excluding carboxylic acids is 3. The first-order valence-electron chi connectivity index (χ1n) is 13.0. The lowest BCUT2D eigenvalue weighted by atomic mass is 10.1. The maximum atomic E-state index is 13.3. The highest BCUT2D eigenvalue weighted by Gasteiger charge is 2.18. The molecule has 0 aliphatic carbocycles. The molecular formula is C33H30ClN3O3S. The van der Waals surface area contributed by atoms with E-state index < -0.39 is 5.91 Å². The van der Waals surface area contributed by atoms with Crippen molar-refractivity contribution in [1.82, 2.24) is 5.32 Å². The summed E-state index contributed by atoms with van der Waals surface area (Å²) in [6.45, 7) is 5.62. The largest absolute Gasteiger partial charge is 0.325 e. The van der Waals surface area contributed by atoms with Crippen LogP contribution in [0.3, 0.4) is 0 Å². The van der Waals surface area contributed by atoms with Gasteiger partial charge in [-0.2, -0.15) is 0 Å². The van der Waals surface area contributed by atoms with E-state index in [2.05, 4.69) is 16.0 Å². The monoisotopic (exact) mass is 583 g/mol. The number of halogens is 1. The summed E-state index contributed by atoms with van der Waals surface area (Å²) >= 11 is 7.56. The van der Waals surface area contributed by atoms with Gasteiger partial charge in [-0.3, -0.25) is 14.4 Å². The molecule has 4 aromatic carbocycles. The third-order valence-corrected chi connectivity index (χ3v) is 7.86. The molecule has 41 heavy (non-hydrogen) atoms. The lowest BCUT2D eigenvalue weighted by Crippen LogP contribution is -2.30. The molecule has 0 heterocycles. The Bertz CT molecular complexity index is 1590. The zero-order chi connectivity index (χ0) is 29.4. The maximum Gasteiger partial charge on any atom is 0.272 e. The number of hydrogen-bond donors (Lipinski definition) is 3. The highest BCUT2D eigenvalue weighted by Crippen LogP contribution is 2.28. The molecule has 3 amide bonds. The Kier molecular flexibility index (Phi) is 10.0. The standard InChI is InChI=1S/C33H30ClN3O3S/c1-21-10-7-8-13-25(21)20-30(37-32(39)24-11-5-4-6-12-24)33(40)35-26-16-18-27(19-17-26)41-23(3)31(38)36-29-15-9-14-28(34)22(29)2/h4-20,23H,1-3H3,(H,35,40)(H,36,38)(H,37,39)/b30-20-. The zero-order valence-electron chi connectivity index (χ0n) is 22.9. The van der Waals surface area contributed by atoms with E-state index in [1.165, 1.54) is 11.8 Å². The van der Waals surface area contributed by atoms with Crippen LogP contribution < -0.4 is 16.0 Å². The van der Waals surface area contributed by atoms with Crippen molar-refractivity contribution in [2.45, 2.75) is 30.9 Å². The Balaban J connectivity index is 1.44. The fourth-order valence-corrected chi connectivity index (χ4v) is 4.94. The molecule has 0 saturated heterocycles. The van der Waals surface area contributed by atoms with E-state index in [1.54, 1.807) is 54.6 Å². The van der Waals surface area contributed by atoms with Crippen molar-refractivity contribution >= 4 is 58.5 Å². The van der Waals surface area contributed by atoms with Gasteiger partial charge in [0, 0.05) is 26.9 Å². The average molecular weight is 584 g/mol. The molecule has 0 bridgehead atoms. The third-order valence-electron chi connectivity index (χ3n) is 6.34. The third kappa shape index (κ3) is 8.10. The summed E-state index contributed by atoms with van der Waals surface area (Å²) in [4.78, 5) is 39.8. The smallest absolute Gasteiger partial charge is 0.272 e. The molecule has 0 radical (unpaired) electrons. The first kappa shape index (κ1) is 29.6. The number of amides is 3. The van der Waals surface area contributed by atoms with E-state index in [0.29, 0.717) is 22.0 Å².